The highest BCUT2D eigenvalue weighted by Gasteiger charge is 2.15. The SMILES string of the molecule is CCc1ccc(C(N)C(C)n2ccnc2)cc1. The van der Waals surface area contributed by atoms with Gasteiger partial charge in [0.2, 0.25) is 0 Å². The lowest BCUT2D eigenvalue weighted by molar-refractivity contribution is 0.453. The van der Waals surface area contributed by atoms with Crippen LogP contribution in [0.25, 0.3) is 0 Å². The molecule has 2 N–H and O–H groups in total. The Morgan fingerprint density at radius 1 is 1.29 bits per heavy atom. The van der Waals surface area contributed by atoms with E-state index in [9.17, 15) is 0 Å². The van der Waals surface area contributed by atoms with E-state index in [1.165, 1.54) is 11.1 Å². The van der Waals surface area contributed by atoms with Crippen molar-refractivity contribution in [2.24, 2.45) is 5.73 Å². The van der Waals surface area contributed by atoms with Crippen LogP contribution in [-0.4, -0.2) is 9.55 Å². The summed E-state index contributed by atoms with van der Waals surface area (Å²) in [6.45, 7) is 4.27. The summed E-state index contributed by atoms with van der Waals surface area (Å²) in [6.07, 6.45) is 6.60. The first-order valence-electron chi connectivity index (χ1n) is 6.04. The molecular weight excluding hydrogens is 210 g/mol. The zero-order chi connectivity index (χ0) is 12.3. The zero-order valence-electron chi connectivity index (χ0n) is 10.4. The predicted octanol–water partition coefficient (Wildman–Crippen LogP) is 2.71. The summed E-state index contributed by atoms with van der Waals surface area (Å²) in [7, 11) is 0. The topological polar surface area (TPSA) is 43.8 Å². The van der Waals surface area contributed by atoms with E-state index in [0.717, 1.165) is 6.42 Å². The molecule has 3 nitrogen and oxygen atoms in total. The minimum atomic E-state index is -0.00453. The van der Waals surface area contributed by atoms with Crippen LogP contribution in [0, 0.1) is 0 Å². The van der Waals surface area contributed by atoms with E-state index < -0.39 is 0 Å². The van der Waals surface area contributed by atoms with Gasteiger partial charge in [0.25, 0.3) is 0 Å². The van der Waals surface area contributed by atoms with E-state index in [0.29, 0.717) is 0 Å². The highest BCUT2D eigenvalue weighted by molar-refractivity contribution is 5.25. The second-order valence-corrected chi connectivity index (χ2v) is 4.37. The van der Waals surface area contributed by atoms with Crippen molar-refractivity contribution < 1.29 is 0 Å². The Hall–Kier alpha value is -1.61. The van der Waals surface area contributed by atoms with E-state index in [1.54, 1.807) is 6.20 Å². The minimum absolute atomic E-state index is 0.00453. The first-order chi connectivity index (χ1) is 8.22. The van der Waals surface area contributed by atoms with Crippen molar-refractivity contribution in [1.29, 1.82) is 0 Å². The summed E-state index contributed by atoms with van der Waals surface area (Å²) in [6, 6.07) is 8.75. The quantitative estimate of drug-likeness (QED) is 0.876. The summed E-state index contributed by atoms with van der Waals surface area (Å²) in [5, 5.41) is 0. The molecular formula is C14H19N3. The van der Waals surface area contributed by atoms with Gasteiger partial charge >= 0.3 is 0 Å². The molecule has 1 aromatic carbocycles. The summed E-state index contributed by atoms with van der Waals surface area (Å²) in [4.78, 5) is 4.05. The molecule has 0 aliphatic rings. The van der Waals surface area contributed by atoms with Gasteiger partial charge in [-0.2, -0.15) is 0 Å². The minimum Gasteiger partial charge on any atom is -0.333 e. The highest BCUT2D eigenvalue weighted by atomic mass is 15.1. The molecule has 17 heavy (non-hydrogen) atoms. The first kappa shape index (κ1) is 11.9. The van der Waals surface area contributed by atoms with Crippen molar-refractivity contribution in [3.05, 3.63) is 54.1 Å². The van der Waals surface area contributed by atoms with Crippen LogP contribution in [0.4, 0.5) is 0 Å². The van der Waals surface area contributed by atoms with Gasteiger partial charge in [-0.25, -0.2) is 4.98 Å². The lowest BCUT2D eigenvalue weighted by Gasteiger charge is -2.21. The highest BCUT2D eigenvalue weighted by Crippen LogP contribution is 2.23. The molecule has 0 radical (unpaired) electrons. The van der Waals surface area contributed by atoms with Crippen LogP contribution < -0.4 is 5.73 Å². The molecule has 0 aliphatic carbocycles. The number of benzene rings is 1. The number of hydrogen-bond acceptors (Lipinski definition) is 2. The summed E-state index contributed by atoms with van der Waals surface area (Å²) in [5.41, 5.74) is 8.79. The standard InChI is InChI=1S/C14H19N3/c1-3-12-4-6-13(7-5-12)14(15)11(2)17-9-8-16-10-17/h4-11,14H,3,15H2,1-2H3. The van der Waals surface area contributed by atoms with Gasteiger partial charge in [0.15, 0.2) is 0 Å². The van der Waals surface area contributed by atoms with Crippen LogP contribution in [0.5, 0.6) is 0 Å². The van der Waals surface area contributed by atoms with Gasteiger partial charge in [-0.05, 0) is 24.5 Å². The first-order valence-corrected chi connectivity index (χ1v) is 6.04. The fourth-order valence-electron chi connectivity index (χ4n) is 1.95. The Bertz CT molecular complexity index is 445. The molecule has 1 heterocycles. The van der Waals surface area contributed by atoms with Gasteiger partial charge in [-0.1, -0.05) is 31.2 Å². The smallest absolute Gasteiger partial charge is 0.0949 e. The van der Waals surface area contributed by atoms with Crippen molar-refractivity contribution in [2.45, 2.75) is 32.4 Å². The monoisotopic (exact) mass is 229 g/mol. The molecule has 0 saturated carbocycles. The van der Waals surface area contributed by atoms with Crippen molar-refractivity contribution in [3.63, 3.8) is 0 Å². The molecule has 2 aromatic rings. The van der Waals surface area contributed by atoms with Gasteiger partial charge < -0.3 is 10.3 Å². The molecule has 2 rings (SSSR count). The predicted molar refractivity (Wildman–Crippen MR) is 69.7 cm³/mol. The van der Waals surface area contributed by atoms with E-state index in [4.69, 9.17) is 5.73 Å². The zero-order valence-corrected chi connectivity index (χ0v) is 10.4. The Labute approximate surface area is 102 Å². The van der Waals surface area contributed by atoms with Gasteiger partial charge in [0.05, 0.1) is 18.4 Å². The van der Waals surface area contributed by atoms with Crippen LogP contribution in [-0.2, 0) is 6.42 Å². The van der Waals surface area contributed by atoms with Crippen LogP contribution in [0.2, 0.25) is 0 Å². The van der Waals surface area contributed by atoms with E-state index in [1.807, 2.05) is 17.1 Å². The number of aromatic nitrogens is 2. The van der Waals surface area contributed by atoms with Crippen LogP contribution >= 0.6 is 0 Å². The van der Waals surface area contributed by atoms with E-state index in [2.05, 4.69) is 43.1 Å². The second-order valence-electron chi connectivity index (χ2n) is 4.37. The van der Waals surface area contributed by atoms with Crippen LogP contribution in [0.1, 0.15) is 37.1 Å². The number of aryl methyl sites for hydroxylation is 1. The molecule has 0 spiro atoms. The Balaban J connectivity index is 2.16. The van der Waals surface area contributed by atoms with Crippen molar-refractivity contribution in [3.8, 4) is 0 Å². The maximum absolute atomic E-state index is 6.27. The molecule has 0 amide bonds. The van der Waals surface area contributed by atoms with Crippen molar-refractivity contribution in [2.75, 3.05) is 0 Å². The lowest BCUT2D eigenvalue weighted by atomic mass is 9.99. The Morgan fingerprint density at radius 2 is 2.00 bits per heavy atom. The number of imidazole rings is 1. The third kappa shape index (κ3) is 2.56. The Morgan fingerprint density at radius 3 is 2.53 bits per heavy atom. The third-order valence-electron chi connectivity index (χ3n) is 3.29. The molecule has 3 heteroatoms. The number of nitrogens with two attached hydrogens (primary N) is 1. The average Bonchev–Trinajstić information content (AvgIpc) is 2.91. The summed E-state index contributed by atoms with van der Waals surface area (Å²) < 4.78 is 2.04. The summed E-state index contributed by atoms with van der Waals surface area (Å²) in [5.74, 6) is 0. The number of nitrogens with zero attached hydrogens (tertiary/aromatic N) is 2. The van der Waals surface area contributed by atoms with Gasteiger partial charge in [0.1, 0.15) is 0 Å². The second kappa shape index (κ2) is 5.15. The fraction of sp³-hybridized carbons (Fsp3) is 0.357. The fourth-order valence-corrected chi connectivity index (χ4v) is 1.95. The van der Waals surface area contributed by atoms with E-state index in [-0.39, 0.29) is 12.1 Å². The molecule has 90 valence electrons. The maximum Gasteiger partial charge on any atom is 0.0949 e. The van der Waals surface area contributed by atoms with Crippen LogP contribution in [0.3, 0.4) is 0 Å². The normalized spacial score (nSPS) is 14.5. The van der Waals surface area contributed by atoms with Crippen molar-refractivity contribution >= 4 is 0 Å². The Kier molecular flexibility index (Phi) is 3.59. The van der Waals surface area contributed by atoms with Gasteiger partial charge in [-0.3, -0.25) is 0 Å². The largest absolute Gasteiger partial charge is 0.333 e. The van der Waals surface area contributed by atoms with Crippen LogP contribution in [0.15, 0.2) is 43.0 Å². The third-order valence-corrected chi connectivity index (χ3v) is 3.29. The maximum atomic E-state index is 6.27. The summed E-state index contributed by atoms with van der Waals surface area (Å²) >= 11 is 0. The van der Waals surface area contributed by atoms with Crippen molar-refractivity contribution in [1.82, 2.24) is 9.55 Å². The lowest BCUT2D eigenvalue weighted by Crippen LogP contribution is -2.21. The van der Waals surface area contributed by atoms with Gasteiger partial charge in [0, 0.05) is 12.4 Å². The molecule has 0 bridgehead atoms. The molecule has 2 atom stereocenters. The molecule has 1 aromatic heterocycles. The molecule has 0 aliphatic heterocycles. The molecule has 0 fully saturated rings. The van der Waals surface area contributed by atoms with Gasteiger partial charge in [-0.15, -0.1) is 0 Å². The molecule has 2 unspecified atom stereocenters. The average molecular weight is 229 g/mol. The number of rotatable bonds is 4. The number of hydrogen-bond donors (Lipinski definition) is 1. The van der Waals surface area contributed by atoms with E-state index >= 15 is 0 Å². The molecule has 0 saturated heterocycles.